The van der Waals surface area contributed by atoms with Gasteiger partial charge in [-0.25, -0.2) is 0 Å². The summed E-state index contributed by atoms with van der Waals surface area (Å²) in [7, 11) is 1.58. The number of ether oxygens (including phenoxy) is 1. The summed E-state index contributed by atoms with van der Waals surface area (Å²) < 4.78 is 5.40. The average Bonchev–Trinajstić information content (AvgIpc) is 3.47. The second-order valence-corrected chi connectivity index (χ2v) is 7.46. The molecule has 142 valence electrons. The normalized spacial score (nSPS) is 14.5. The van der Waals surface area contributed by atoms with Gasteiger partial charge in [0, 0.05) is 22.2 Å². The second kappa shape index (κ2) is 8.13. The highest BCUT2D eigenvalue weighted by atomic mass is 35.5. The maximum Gasteiger partial charge on any atom is 0.227 e. The van der Waals surface area contributed by atoms with Crippen LogP contribution in [-0.4, -0.2) is 29.7 Å². The maximum atomic E-state index is 13.2. The molecule has 0 N–H and O–H groups in total. The molecule has 0 aromatic heterocycles. The van der Waals surface area contributed by atoms with E-state index in [4.69, 9.17) is 16.3 Å². The molecule has 4 nitrogen and oxygen atoms in total. The van der Waals surface area contributed by atoms with Gasteiger partial charge in [-0.2, -0.15) is 0 Å². The Hall–Kier alpha value is -2.33. The van der Waals surface area contributed by atoms with Crippen LogP contribution in [0.25, 0.3) is 0 Å². The number of benzene rings is 2. The van der Waals surface area contributed by atoms with E-state index in [0.717, 1.165) is 24.0 Å². The quantitative estimate of drug-likeness (QED) is 0.640. The number of hydrogen-bond acceptors (Lipinski definition) is 3. The maximum absolute atomic E-state index is 13.2. The van der Waals surface area contributed by atoms with E-state index in [-0.39, 0.29) is 30.2 Å². The lowest BCUT2D eigenvalue weighted by Gasteiger charge is -2.30. The van der Waals surface area contributed by atoms with Gasteiger partial charge in [-0.05, 0) is 62.6 Å². The Kier molecular flexibility index (Phi) is 5.85. The van der Waals surface area contributed by atoms with Crippen molar-refractivity contribution in [2.45, 2.75) is 45.2 Å². The van der Waals surface area contributed by atoms with Gasteiger partial charge in [0.05, 0.1) is 19.6 Å². The van der Waals surface area contributed by atoms with E-state index in [0.29, 0.717) is 16.3 Å². The Morgan fingerprint density at radius 2 is 1.85 bits per heavy atom. The summed E-state index contributed by atoms with van der Waals surface area (Å²) in [6, 6.07) is 13.1. The lowest BCUT2D eigenvalue weighted by molar-refractivity contribution is -0.133. The summed E-state index contributed by atoms with van der Waals surface area (Å²) in [4.78, 5) is 26.9. The zero-order chi connectivity index (χ0) is 19.6. The van der Waals surface area contributed by atoms with Crippen molar-refractivity contribution >= 4 is 23.3 Å². The predicted octanol–water partition coefficient (Wildman–Crippen LogP) is 4.85. The van der Waals surface area contributed by atoms with Crippen LogP contribution in [0.2, 0.25) is 5.02 Å². The number of Topliss-reactive ketones (excluding diaryl/α,β-unsaturated/α-hetero) is 1. The van der Waals surface area contributed by atoms with Crippen LogP contribution in [0.4, 0.5) is 0 Å². The van der Waals surface area contributed by atoms with Crippen LogP contribution in [0.5, 0.6) is 5.75 Å². The predicted molar refractivity (Wildman–Crippen MR) is 106 cm³/mol. The fraction of sp³-hybridized carbons (Fsp3) is 0.364. The molecule has 1 atom stereocenters. The molecule has 0 radical (unpaired) electrons. The van der Waals surface area contributed by atoms with Gasteiger partial charge in [-0.15, -0.1) is 0 Å². The number of amides is 1. The molecule has 0 saturated heterocycles. The number of ketones is 1. The molecule has 1 unspecified atom stereocenters. The third-order valence-electron chi connectivity index (χ3n) is 5.03. The molecule has 5 heteroatoms. The Labute approximate surface area is 165 Å². The van der Waals surface area contributed by atoms with E-state index in [2.05, 4.69) is 0 Å². The van der Waals surface area contributed by atoms with Crippen molar-refractivity contribution in [1.82, 2.24) is 4.90 Å². The highest BCUT2D eigenvalue weighted by Gasteiger charge is 2.36. The average molecular weight is 386 g/mol. The molecule has 0 aliphatic heterocycles. The standard InChI is InChI=1S/C22H24ClNO3/c1-14(16-4-7-19(23)8-5-16)24(20-9-10-20)22(26)13-18-12-17(15(2)25)6-11-21(18)27-3/h4-8,11-12,14,20H,9-10,13H2,1-3H3. The smallest absolute Gasteiger partial charge is 0.227 e. The first kappa shape index (κ1) is 19.4. The van der Waals surface area contributed by atoms with Gasteiger partial charge in [-0.3, -0.25) is 9.59 Å². The minimum absolute atomic E-state index is 0.0278. The molecule has 1 saturated carbocycles. The van der Waals surface area contributed by atoms with Crippen LogP contribution in [0.15, 0.2) is 42.5 Å². The first-order chi connectivity index (χ1) is 12.9. The van der Waals surface area contributed by atoms with E-state index >= 15 is 0 Å². The van der Waals surface area contributed by atoms with E-state index in [1.807, 2.05) is 36.1 Å². The summed E-state index contributed by atoms with van der Waals surface area (Å²) >= 11 is 5.99. The van der Waals surface area contributed by atoms with Crippen molar-refractivity contribution in [2.24, 2.45) is 0 Å². The molecule has 0 heterocycles. The molecule has 1 fully saturated rings. The zero-order valence-corrected chi connectivity index (χ0v) is 16.6. The SMILES string of the molecule is COc1ccc(C(C)=O)cc1CC(=O)N(C1CC1)C(C)c1ccc(Cl)cc1. The molecule has 1 aliphatic carbocycles. The van der Waals surface area contributed by atoms with Crippen molar-refractivity contribution in [3.05, 3.63) is 64.2 Å². The minimum atomic E-state index is -0.0377. The van der Waals surface area contributed by atoms with Crippen LogP contribution in [0.3, 0.4) is 0 Å². The molecule has 2 aromatic rings. The molecule has 0 spiro atoms. The van der Waals surface area contributed by atoms with Crippen LogP contribution in [0, 0.1) is 0 Å². The van der Waals surface area contributed by atoms with Crippen LogP contribution < -0.4 is 4.74 Å². The number of carbonyl (C=O) groups excluding carboxylic acids is 2. The van der Waals surface area contributed by atoms with Gasteiger partial charge < -0.3 is 9.64 Å². The molecule has 27 heavy (non-hydrogen) atoms. The third kappa shape index (κ3) is 4.51. The largest absolute Gasteiger partial charge is 0.496 e. The zero-order valence-electron chi connectivity index (χ0n) is 15.9. The fourth-order valence-electron chi connectivity index (χ4n) is 3.38. The van der Waals surface area contributed by atoms with Crippen LogP contribution >= 0.6 is 11.6 Å². The summed E-state index contributed by atoms with van der Waals surface area (Å²) in [5, 5.41) is 0.682. The van der Waals surface area contributed by atoms with Crippen molar-refractivity contribution in [3.8, 4) is 5.75 Å². The van der Waals surface area contributed by atoms with Gasteiger partial charge in [0.15, 0.2) is 5.78 Å². The van der Waals surface area contributed by atoms with Gasteiger partial charge >= 0.3 is 0 Å². The minimum Gasteiger partial charge on any atom is -0.496 e. The van der Waals surface area contributed by atoms with Gasteiger partial charge in [0.25, 0.3) is 0 Å². The van der Waals surface area contributed by atoms with Gasteiger partial charge in [-0.1, -0.05) is 23.7 Å². The number of methoxy groups -OCH3 is 1. The molecule has 0 bridgehead atoms. The molecule has 2 aromatic carbocycles. The Morgan fingerprint density at radius 3 is 2.41 bits per heavy atom. The Bertz CT molecular complexity index is 843. The Morgan fingerprint density at radius 1 is 1.19 bits per heavy atom. The monoisotopic (exact) mass is 385 g/mol. The van der Waals surface area contributed by atoms with E-state index in [1.165, 1.54) is 6.92 Å². The second-order valence-electron chi connectivity index (χ2n) is 7.02. The van der Waals surface area contributed by atoms with Crippen LogP contribution in [0.1, 0.15) is 54.2 Å². The summed E-state index contributed by atoms with van der Waals surface area (Å²) in [5.41, 5.74) is 2.38. The molecule has 1 amide bonds. The summed E-state index contributed by atoms with van der Waals surface area (Å²) in [6.45, 7) is 3.56. The third-order valence-corrected chi connectivity index (χ3v) is 5.28. The number of carbonyl (C=O) groups is 2. The highest BCUT2D eigenvalue weighted by molar-refractivity contribution is 6.30. The summed E-state index contributed by atoms with van der Waals surface area (Å²) in [5.74, 6) is 0.641. The van der Waals surface area contributed by atoms with Gasteiger partial charge in [0.2, 0.25) is 5.91 Å². The number of rotatable bonds is 7. The van der Waals surface area contributed by atoms with E-state index in [1.54, 1.807) is 25.3 Å². The molecule has 3 rings (SSSR count). The molecule has 1 aliphatic rings. The summed E-state index contributed by atoms with van der Waals surface area (Å²) in [6.07, 6.45) is 2.25. The van der Waals surface area contributed by atoms with Gasteiger partial charge in [0.1, 0.15) is 5.75 Å². The first-order valence-electron chi connectivity index (χ1n) is 9.15. The topological polar surface area (TPSA) is 46.6 Å². The Balaban J connectivity index is 1.85. The van der Waals surface area contributed by atoms with Crippen molar-refractivity contribution in [3.63, 3.8) is 0 Å². The van der Waals surface area contributed by atoms with Crippen molar-refractivity contribution in [2.75, 3.05) is 7.11 Å². The molecular weight excluding hydrogens is 362 g/mol. The van der Waals surface area contributed by atoms with Crippen molar-refractivity contribution in [1.29, 1.82) is 0 Å². The fourth-order valence-corrected chi connectivity index (χ4v) is 3.51. The number of halogens is 1. The number of hydrogen-bond donors (Lipinski definition) is 0. The van der Waals surface area contributed by atoms with Crippen molar-refractivity contribution < 1.29 is 14.3 Å². The first-order valence-corrected chi connectivity index (χ1v) is 9.53. The highest BCUT2D eigenvalue weighted by Crippen LogP contribution is 2.35. The lowest BCUT2D eigenvalue weighted by atomic mass is 10.0. The molecular formula is C22H24ClNO3. The van der Waals surface area contributed by atoms with Crippen LogP contribution in [-0.2, 0) is 11.2 Å². The lowest BCUT2D eigenvalue weighted by Crippen LogP contribution is -2.36. The number of nitrogens with zero attached hydrogens (tertiary/aromatic N) is 1. The van der Waals surface area contributed by atoms with E-state index < -0.39 is 0 Å². The van der Waals surface area contributed by atoms with E-state index in [9.17, 15) is 9.59 Å².